The molecule has 5 N–H and O–H groups in total. The summed E-state index contributed by atoms with van der Waals surface area (Å²) < 4.78 is 74.2. The fourth-order valence-electron chi connectivity index (χ4n) is 14.0. The Bertz CT molecular complexity index is 2960. The van der Waals surface area contributed by atoms with Gasteiger partial charge in [0.1, 0.15) is 74.6 Å². The zero-order valence-corrected chi connectivity index (χ0v) is 70.5. The standard InChI is InChI=1S/C84H133N5O27/c1-54-57(4)81(114-69(51-107-60(7)90)78(54)111-63(10)93)104-47-23-18-32-67(96)30-16-21-44-86-74(100)38-41-84(89-76(102)35-26-36-77(103)110-50-66-28-14-13-15-29-66,40-37-68(97)31-17-22-43-85-72(98)33-19-24-48-105-82-58(5)55(2)79(112-64(11)94)70(115-82)52-108-61(8)91)42-39-75(101)88-46-27-45-87-73(99)34-20-25-49-106-83-59(6)56(3)80(113-65(12)95)71(116-83)53-109-62(9)92/h13-15,28-29,54-59,69-71,78-83H,16-27,30-53H2,1-12H3,(H,85,98)(H,86,100)(H,87,99)(H,88,101)(H,89,102). The van der Waals surface area contributed by atoms with Gasteiger partial charge in [-0.2, -0.15) is 0 Å². The first-order chi connectivity index (χ1) is 55.3. The summed E-state index contributed by atoms with van der Waals surface area (Å²) in [5, 5.41) is 14.7. The van der Waals surface area contributed by atoms with Gasteiger partial charge in [0.05, 0.1) is 0 Å². The molecule has 16 unspecified atom stereocenters. The van der Waals surface area contributed by atoms with Crippen molar-refractivity contribution in [1.82, 2.24) is 26.6 Å². The predicted molar refractivity (Wildman–Crippen MR) is 420 cm³/mol. The lowest BCUT2D eigenvalue weighted by atomic mass is 9.82. The van der Waals surface area contributed by atoms with Crippen molar-refractivity contribution in [1.29, 1.82) is 0 Å². The van der Waals surface area contributed by atoms with Crippen LogP contribution in [0.4, 0.5) is 0 Å². The zero-order valence-electron chi connectivity index (χ0n) is 70.5. The van der Waals surface area contributed by atoms with Gasteiger partial charge in [-0.05, 0) is 102 Å². The molecule has 1 aromatic carbocycles. The molecule has 5 amide bonds. The van der Waals surface area contributed by atoms with Crippen LogP contribution in [-0.4, -0.2) is 210 Å². The maximum Gasteiger partial charge on any atom is 0.306 e. The fraction of sp³-hybridized carbons (Fsp3) is 0.762. The Labute approximate surface area is 683 Å². The van der Waals surface area contributed by atoms with Crippen LogP contribution in [0.3, 0.4) is 0 Å². The van der Waals surface area contributed by atoms with Gasteiger partial charge in [0.15, 0.2) is 18.9 Å². The van der Waals surface area contributed by atoms with E-state index in [1.165, 1.54) is 41.5 Å². The fourth-order valence-corrected chi connectivity index (χ4v) is 14.0. The van der Waals surface area contributed by atoms with Crippen LogP contribution < -0.4 is 26.6 Å². The molecule has 656 valence electrons. The Morgan fingerprint density at radius 3 is 1.03 bits per heavy atom. The molecular formula is C84H133N5O27. The Morgan fingerprint density at radius 1 is 0.336 bits per heavy atom. The average Bonchev–Trinajstić information content (AvgIpc) is 0.815. The molecule has 0 radical (unpaired) electrons. The highest BCUT2D eigenvalue weighted by Crippen LogP contribution is 2.37. The molecule has 3 fully saturated rings. The largest absolute Gasteiger partial charge is 0.463 e. The SMILES string of the molecule is CC(=O)OCC1OC(OCCCCC(=O)CCCCNC(=O)CCC(CCC(=O)CCCCNC(=O)CCCCOC2OC(COC(C)=O)C(OC(C)=O)C(C)C2C)(CCC(=O)NCCCNC(=O)CCCCOC2OC(COC(C)=O)C(OC(C)=O)C(C)C2C)NC(=O)CCCC(=O)OCc2ccccc2)C(C)C(C)C1OC(C)=O. The highest BCUT2D eigenvalue weighted by atomic mass is 16.7. The van der Waals surface area contributed by atoms with Gasteiger partial charge in [-0.1, -0.05) is 71.9 Å². The molecule has 32 heteroatoms. The van der Waals surface area contributed by atoms with Crippen molar-refractivity contribution >= 4 is 82.9 Å². The lowest BCUT2D eigenvalue weighted by molar-refractivity contribution is -0.273. The number of carbonyl (C=O) groups excluding carboxylic acids is 14. The van der Waals surface area contributed by atoms with Crippen LogP contribution in [0.25, 0.3) is 0 Å². The van der Waals surface area contributed by atoms with E-state index in [1.807, 2.05) is 71.9 Å². The number of ketones is 2. The minimum absolute atomic E-state index is 0.0251. The third kappa shape index (κ3) is 40.9. The molecule has 3 heterocycles. The van der Waals surface area contributed by atoms with Gasteiger partial charge in [-0.15, -0.1) is 0 Å². The summed E-state index contributed by atoms with van der Waals surface area (Å²) in [6, 6.07) is 9.14. The van der Waals surface area contributed by atoms with E-state index in [1.54, 1.807) is 0 Å². The van der Waals surface area contributed by atoms with Crippen LogP contribution in [0.15, 0.2) is 30.3 Å². The number of esters is 7. The third-order valence-corrected chi connectivity index (χ3v) is 21.3. The summed E-state index contributed by atoms with van der Waals surface area (Å²) >= 11 is 0. The number of hydrogen-bond acceptors (Lipinski definition) is 27. The smallest absolute Gasteiger partial charge is 0.306 e. The number of hydrogen-bond donors (Lipinski definition) is 5. The van der Waals surface area contributed by atoms with Gasteiger partial charge in [0, 0.05) is 193 Å². The Kier molecular flexibility index (Phi) is 48.1. The number of nitrogens with one attached hydrogen (secondary N) is 5. The molecule has 0 saturated carbocycles. The lowest BCUT2D eigenvalue weighted by Crippen LogP contribution is -2.53. The molecule has 0 spiro atoms. The molecule has 4 rings (SSSR count). The Balaban J connectivity index is 1.33. The molecule has 3 aliphatic rings. The molecule has 3 aliphatic heterocycles. The molecule has 32 nitrogen and oxygen atoms in total. The Hall–Kier alpha value is -8.04. The molecule has 0 aliphatic carbocycles. The van der Waals surface area contributed by atoms with Crippen molar-refractivity contribution in [3.63, 3.8) is 0 Å². The van der Waals surface area contributed by atoms with Gasteiger partial charge in [0.2, 0.25) is 29.5 Å². The van der Waals surface area contributed by atoms with Crippen molar-refractivity contribution in [3.8, 4) is 0 Å². The average molecular weight is 1640 g/mol. The topological polar surface area (TPSA) is 419 Å². The van der Waals surface area contributed by atoms with E-state index < -0.39 is 109 Å². The summed E-state index contributed by atoms with van der Waals surface area (Å²) in [4.78, 5) is 178. The molecule has 16 atom stereocenters. The summed E-state index contributed by atoms with van der Waals surface area (Å²) in [7, 11) is 0. The second kappa shape index (κ2) is 55.6. The highest BCUT2D eigenvalue weighted by molar-refractivity contribution is 5.82. The first-order valence-electron chi connectivity index (χ1n) is 41.6. The van der Waals surface area contributed by atoms with Crippen LogP contribution in [0.2, 0.25) is 0 Å². The molecule has 3 saturated heterocycles. The van der Waals surface area contributed by atoms with Crippen LogP contribution in [0.1, 0.15) is 249 Å². The van der Waals surface area contributed by atoms with E-state index in [4.69, 9.17) is 61.6 Å². The predicted octanol–water partition coefficient (Wildman–Crippen LogP) is 8.47. The van der Waals surface area contributed by atoms with Crippen molar-refractivity contribution < 1.29 is 129 Å². The normalized spacial score (nSPS) is 23.5. The zero-order chi connectivity index (χ0) is 85.5. The summed E-state index contributed by atoms with van der Waals surface area (Å²) in [6.07, 6.45) is 0.425. The second-order valence-electron chi connectivity index (χ2n) is 31.0. The number of unbranched alkanes of at least 4 members (excludes halogenated alkanes) is 5. The maximum atomic E-state index is 14.1. The third-order valence-electron chi connectivity index (χ3n) is 21.3. The number of ether oxygens (including phenoxy) is 13. The molecular weight excluding hydrogens is 1510 g/mol. The van der Waals surface area contributed by atoms with E-state index in [0.717, 1.165) is 5.56 Å². The Morgan fingerprint density at radius 2 is 0.664 bits per heavy atom. The van der Waals surface area contributed by atoms with Gasteiger partial charge in [-0.25, -0.2) is 0 Å². The number of carbonyl (C=O) groups is 14. The maximum absolute atomic E-state index is 14.1. The van der Waals surface area contributed by atoms with Crippen molar-refractivity contribution in [2.45, 2.75) is 311 Å². The van der Waals surface area contributed by atoms with E-state index in [2.05, 4.69) is 26.6 Å². The van der Waals surface area contributed by atoms with Crippen LogP contribution in [0, 0.1) is 35.5 Å². The summed E-state index contributed by atoms with van der Waals surface area (Å²) in [6.45, 7) is 20.8. The van der Waals surface area contributed by atoms with Crippen molar-refractivity contribution in [3.05, 3.63) is 35.9 Å². The number of rotatable bonds is 57. The van der Waals surface area contributed by atoms with Crippen molar-refractivity contribution in [2.24, 2.45) is 35.5 Å². The minimum Gasteiger partial charge on any atom is -0.463 e. The molecule has 0 aromatic heterocycles. The van der Waals surface area contributed by atoms with E-state index >= 15 is 0 Å². The molecule has 116 heavy (non-hydrogen) atoms. The lowest BCUT2D eigenvalue weighted by Gasteiger charge is -2.43. The van der Waals surface area contributed by atoms with Gasteiger partial charge >= 0.3 is 41.8 Å². The van der Waals surface area contributed by atoms with E-state index in [0.29, 0.717) is 90.2 Å². The van der Waals surface area contributed by atoms with Crippen LogP contribution >= 0.6 is 0 Å². The van der Waals surface area contributed by atoms with E-state index in [9.17, 15) is 67.1 Å². The number of Topliss-reactive ketones (excluding diaryl/α,β-unsaturated/α-hetero) is 2. The van der Waals surface area contributed by atoms with Crippen LogP contribution in [-0.2, 0) is 135 Å². The van der Waals surface area contributed by atoms with Gasteiger partial charge in [0.25, 0.3) is 0 Å². The van der Waals surface area contributed by atoms with E-state index in [-0.39, 0.29) is 213 Å². The van der Waals surface area contributed by atoms with Gasteiger partial charge in [-0.3, -0.25) is 67.1 Å². The second-order valence-corrected chi connectivity index (χ2v) is 31.0. The summed E-state index contributed by atoms with van der Waals surface area (Å²) in [5.41, 5.74) is -0.472. The summed E-state index contributed by atoms with van der Waals surface area (Å²) in [5.74, 6) is -6.11. The van der Waals surface area contributed by atoms with Gasteiger partial charge < -0.3 is 88.2 Å². The minimum atomic E-state index is -1.27. The number of amides is 5. The molecule has 1 aromatic rings. The molecule has 0 bridgehead atoms. The first-order valence-corrected chi connectivity index (χ1v) is 41.6. The van der Waals surface area contributed by atoms with Crippen LogP contribution in [0.5, 0.6) is 0 Å². The highest BCUT2D eigenvalue weighted by Gasteiger charge is 2.47. The monoisotopic (exact) mass is 1640 g/mol. The first kappa shape index (κ1) is 100. The number of benzene rings is 1. The van der Waals surface area contributed by atoms with Crippen molar-refractivity contribution in [2.75, 3.05) is 65.8 Å². The quantitative estimate of drug-likeness (QED) is 0.0232.